The van der Waals surface area contributed by atoms with Crippen molar-refractivity contribution in [3.63, 3.8) is 0 Å². The van der Waals surface area contributed by atoms with Crippen molar-refractivity contribution in [2.24, 2.45) is 5.92 Å². The van der Waals surface area contributed by atoms with E-state index >= 15 is 0 Å². The number of carbonyl (C=O) groups is 1. The molecule has 0 saturated carbocycles. The minimum absolute atomic E-state index is 0.0322. The highest BCUT2D eigenvalue weighted by Crippen LogP contribution is 2.16. The average molecular weight is 237 g/mol. The predicted molar refractivity (Wildman–Crippen MR) is 61.0 cm³/mol. The van der Waals surface area contributed by atoms with Gasteiger partial charge >= 0.3 is 5.97 Å². The van der Waals surface area contributed by atoms with E-state index in [9.17, 15) is 4.79 Å². The Morgan fingerprint density at radius 3 is 3.06 bits per heavy atom. The van der Waals surface area contributed by atoms with E-state index in [4.69, 9.17) is 9.84 Å². The van der Waals surface area contributed by atoms with Crippen molar-refractivity contribution in [3.05, 3.63) is 18.1 Å². The molecule has 1 aliphatic heterocycles. The Balaban J connectivity index is 1.87. The average Bonchev–Trinajstić information content (AvgIpc) is 2.82. The summed E-state index contributed by atoms with van der Waals surface area (Å²) in [4.78, 5) is 18.6. The van der Waals surface area contributed by atoms with Gasteiger partial charge in [0, 0.05) is 32.2 Å². The van der Waals surface area contributed by atoms with E-state index in [1.54, 1.807) is 0 Å². The summed E-state index contributed by atoms with van der Waals surface area (Å²) < 4.78 is 5.27. The lowest BCUT2D eigenvalue weighted by Gasteiger charge is -2.10. The molecule has 1 unspecified atom stereocenters. The number of hydrogen-bond donors (Lipinski definition) is 2. The van der Waals surface area contributed by atoms with E-state index in [0.717, 1.165) is 26.1 Å². The molecule has 92 valence electrons. The van der Waals surface area contributed by atoms with Crippen LogP contribution in [0.4, 0.5) is 5.82 Å². The van der Waals surface area contributed by atoms with E-state index in [1.165, 1.54) is 12.4 Å². The molecule has 1 aliphatic rings. The Hall–Kier alpha value is -1.69. The predicted octanol–water partition coefficient (Wildman–Crippen LogP) is 1.01. The fourth-order valence-electron chi connectivity index (χ4n) is 1.83. The van der Waals surface area contributed by atoms with E-state index in [1.807, 2.05) is 0 Å². The maximum atomic E-state index is 10.9. The molecule has 1 aromatic heterocycles. The van der Waals surface area contributed by atoms with Crippen LogP contribution in [0.1, 0.15) is 23.3 Å². The maximum absolute atomic E-state index is 10.9. The summed E-state index contributed by atoms with van der Waals surface area (Å²) in [6.07, 6.45) is 4.89. The van der Waals surface area contributed by atoms with Gasteiger partial charge in [0.25, 0.3) is 0 Å². The second-order valence-electron chi connectivity index (χ2n) is 4.00. The molecule has 0 aliphatic carbocycles. The number of rotatable bonds is 5. The Morgan fingerprint density at radius 2 is 2.35 bits per heavy atom. The molecule has 2 N–H and O–H groups in total. The van der Waals surface area contributed by atoms with Crippen molar-refractivity contribution in [1.29, 1.82) is 0 Å². The molecule has 1 atom stereocenters. The normalized spacial score (nSPS) is 19.2. The van der Waals surface area contributed by atoms with Crippen molar-refractivity contribution < 1.29 is 14.6 Å². The van der Waals surface area contributed by atoms with Crippen LogP contribution in [0.25, 0.3) is 0 Å². The fraction of sp³-hybridized carbons (Fsp3) is 0.545. The molecule has 0 spiro atoms. The number of nitrogens with zero attached hydrogens (tertiary/aromatic N) is 2. The largest absolute Gasteiger partial charge is 0.476 e. The van der Waals surface area contributed by atoms with E-state index in [-0.39, 0.29) is 5.69 Å². The molecule has 0 aromatic carbocycles. The van der Waals surface area contributed by atoms with Gasteiger partial charge in [0.15, 0.2) is 11.5 Å². The lowest BCUT2D eigenvalue weighted by molar-refractivity contribution is 0.0691. The van der Waals surface area contributed by atoms with Crippen LogP contribution in [0.2, 0.25) is 0 Å². The number of aromatic nitrogens is 2. The molecule has 17 heavy (non-hydrogen) atoms. The lowest BCUT2D eigenvalue weighted by atomic mass is 10.1. The topological polar surface area (TPSA) is 84.3 Å². The summed E-state index contributed by atoms with van der Waals surface area (Å²) >= 11 is 0. The molecule has 2 rings (SSSR count). The smallest absolute Gasteiger partial charge is 0.358 e. The van der Waals surface area contributed by atoms with Crippen molar-refractivity contribution in [1.82, 2.24) is 9.97 Å². The fourth-order valence-corrected chi connectivity index (χ4v) is 1.83. The van der Waals surface area contributed by atoms with Gasteiger partial charge in [0.1, 0.15) is 0 Å². The molecular weight excluding hydrogens is 222 g/mol. The van der Waals surface area contributed by atoms with Gasteiger partial charge in [0.05, 0.1) is 0 Å². The minimum atomic E-state index is -1.07. The summed E-state index contributed by atoms with van der Waals surface area (Å²) in [5, 5.41) is 11.9. The van der Waals surface area contributed by atoms with Crippen LogP contribution < -0.4 is 5.32 Å². The Bertz CT molecular complexity index is 391. The summed E-state index contributed by atoms with van der Waals surface area (Å²) in [5.74, 6) is -0.170. The summed E-state index contributed by atoms with van der Waals surface area (Å²) in [6, 6.07) is 0. The first kappa shape index (κ1) is 11.8. The van der Waals surface area contributed by atoms with Gasteiger partial charge in [-0.05, 0) is 18.8 Å². The summed E-state index contributed by atoms with van der Waals surface area (Å²) in [7, 11) is 0. The van der Waals surface area contributed by atoms with E-state index in [0.29, 0.717) is 18.3 Å². The zero-order chi connectivity index (χ0) is 12.1. The van der Waals surface area contributed by atoms with Crippen molar-refractivity contribution in [2.45, 2.75) is 12.8 Å². The molecule has 1 aromatic rings. The monoisotopic (exact) mass is 237 g/mol. The number of nitrogens with one attached hydrogen (secondary N) is 1. The number of aromatic carboxylic acids is 1. The van der Waals surface area contributed by atoms with Crippen LogP contribution in [0.15, 0.2) is 12.4 Å². The lowest BCUT2D eigenvalue weighted by Crippen LogP contribution is -2.13. The van der Waals surface area contributed by atoms with Crippen LogP contribution in [-0.2, 0) is 4.74 Å². The first-order valence-electron chi connectivity index (χ1n) is 5.63. The third-order valence-corrected chi connectivity index (χ3v) is 2.77. The van der Waals surface area contributed by atoms with E-state index in [2.05, 4.69) is 15.3 Å². The van der Waals surface area contributed by atoms with Gasteiger partial charge in [-0.25, -0.2) is 14.8 Å². The number of carboxylic acids is 1. The zero-order valence-corrected chi connectivity index (χ0v) is 9.43. The molecule has 0 amide bonds. The van der Waals surface area contributed by atoms with Crippen LogP contribution in [0.5, 0.6) is 0 Å². The minimum Gasteiger partial charge on any atom is -0.476 e. The van der Waals surface area contributed by atoms with E-state index < -0.39 is 5.97 Å². The quantitative estimate of drug-likeness (QED) is 0.795. The molecule has 0 radical (unpaired) electrons. The van der Waals surface area contributed by atoms with Crippen LogP contribution in [0.3, 0.4) is 0 Å². The number of carboxylic acid groups (broad SMARTS) is 1. The molecule has 1 fully saturated rings. The van der Waals surface area contributed by atoms with Gasteiger partial charge in [-0.1, -0.05) is 0 Å². The third-order valence-electron chi connectivity index (χ3n) is 2.77. The SMILES string of the molecule is O=C(O)c1nccnc1NCCC1CCOC1. The Morgan fingerprint density at radius 1 is 1.53 bits per heavy atom. The van der Waals surface area contributed by atoms with Gasteiger partial charge in [-0.15, -0.1) is 0 Å². The van der Waals surface area contributed by atoms with Gasteiger partial charge in [-0.3, -0.25) is 0 Å². The first-order chi connectivity index (χ1) is 8.27. The molecule has 1 saturated heterocycles. The Labute approximate surface area is 99.0 Å². The number of anilines is 1. The van der Waals surface area contributed by atoms with Crippen molar-refractivity contribution in [3.8, 4) is 0 Å². The van der Waals surface area contributed by atoms with Crippen LogP contribution >= 0.6 is 0 Å². The highest BCUT2D eigenvalue weighted by Gasteiger charge is 2.16. The zero-order valence-electron chi connectivity index (χ0n) is 9.43. The van der Waals surface area contributed by atoms with Gasteiger partial charge in [-0.2, -0.15) is 0 Å². The number of hydrogen-bond acceptors (Lipinski definition) is 5. The van der Waals surface area contributed by atoms with Crippen molar-refractivity contribution >= 4 is 11.8 Å². The second kappa shape index (κ2) is 5.58. The third kappa shape index (κ3) is 3.13. The standard InChI is InChI=1S/C11H15N3O3/c15-11(16)9-10(14-5-4-12-9)13-3-1-8-2-6-17-7-8/h4-5,8H,1-3,6-7H2,(H,13,14)(H,15,16). The van der Waals surface area contributed by atoms with Crippen LogP contribution in [0, 0.1) is 5.92 Å². The van der Waals surface area contributed by atoms with Gasteiger partial charge in [0.2, 0.25) is 0 Å². The number of ether oxygens (including phenoxy) is 1. The molecular formula is C11H15N3O3. The Kier molecular flexibility index (Phi) is 3.87. The molecule has 2 heterocycles. The van der Waals surface area contributed by atoms with Crippen molar-refractivity contribution in [2.75, 3.05) is 25.1 Å². The van der Waals surface area contributed by atoms with Gasteiger partial charge < -0.3 is 15.2 Å². The summed E-state index contributed by atoms with van der Waals surface area (Å²) in [6.45, 7) is 2.32. The highest BCUT2D eigenvalue weighted by atomic mass is 16.5. The maximum Gasteiger partial charge on any atom is 0.358 e. The first-order valence-corrected chi connectivity index (χ1v) is 5.63. The molecule has 6 nitrogen and oxygen atoms in total. The molecule has 6 heteroatoms. The van der Waals surface area contributed by atoms with Crippen LogP contribution in [-0.4, -0.2) is 40.8 Å². The summed E-state index contributed by atoms with van der Waals surface area (Å²) in [5.41, 5.74) is -0.0322. The molecule has 0 bridgehead atoms. The second-order valence-corrected chi connectivity index (χ2v) is 4.00. The highest BCUT2D eigenvalue weighted by molar-refractivity contribution is 5.90.